The zero-order chi connectivity index (χ0) is 12.5. The van der Waals surface area contributed by atoms with Gasteiger partial charge < -0.3 is 5.11 Å². The Balaban J connectivity index is 1.66. The van der Waals surface area contributed by atoms with Crippen LogP contribution in [-0.2, 0) is 11.2 Å². The second-order valence-corrected chi connectivity index (χ2v) is 5.48. The third kappa shape index (κ3) is 2.03. The molecule has 1 heterocycles. The van der Waals surface area contributed by atoms with Crippen LogP contribution in [0.1, 0.15) is 24.8 Å². The molecule has 18 heavy (non-hydrogen) atoms. The lowest BCUT2D eigenvalue weighted by Crippen LogP contribution is -2.46. The molecule has 0 amide bonds. The van der Waals surface area contributed by atoms with E-state index in [4.69, 9.17) is 0 Å². The Morgan fingerprint density at radius 2 is 2.06 bits per heavy atom. The highest BCUT2D eigenvalue weighted by molar-refractivity contribution is 5.74. The van der Waals surface area contributed by atoms with Gasteiger partial charge >= 0.3 is 5.97 Å². The van der Waals surface area contributed by atoms with E-state index in [1.54, 1.807) is 0 Å². The van der Waals surface area contributed by atoms with Gasteiger partial charge in [0, 0.05) is 12.6 Å². The molecule has 2 bridgehead atoms. The molecule has 1 N–H and O–H groups in total. The minimum Gasteiger partial charge on any atom is -0.480 e. The largest absolute Gasteiger partial charge is 0.480 e. The summed E-state index contributed by atoms with van der Waals surface area (Å²) in [4.78, 5) is 13.6. The van der Waals surface area contributed by atoms with E-state index in [1.165, 1.54) is 12.0 Å². The van der Waals surface area contributed by atoms with Crippen LogP contribution in [0.2, 0.25) is 0 Å². The monoisotopic (exact) mass is 245 g/mol. The molecule has 1 saturated heterocycles. The van der Waals surface area contributed by atoms with E-state index < -0.39 is 5.97 Å². The molecule has 1 aliphatic heterocycles. The first-order valence-electron chi connectivity index (χ1n) is 6.78. The fraction of sp³-hybridized carbons (Fsp3) is 0.533. The average Bonchev–Trinajstić information content (AvgIpc) is 2.97. The summed E-state index contributed by atoms with van der Waals surface area (Å²) in [5.74, 6) is -0.237. The Morgan fingerprint density at radius 1 is 1.28 bits per heavy atom. The van der Waals surface area contributed by atoms with Gasteiger partial charge in [-0.3, -0.25) is 9.69 Å². The number of carboxylic acids is 1. The van der Waals surface area contributed by atoms with Crippen molar-refractivity contribution >= 4 is 5.97 Å². The van der Waals surface area contributed by atoms with Gasteiger partial charge in [-0.1, -0.05) is 30.3 Å². The molecule has 0 aromatic heterocycles. The maximum Gasteiger partial charge on any atom is 0.321 e. The van der Waals surface area contributed by atoms with Crippen LogP contribution >= 0.6 is 0 Å². The maximum absolute atomic E-state index is 11.4. The first-order valence-corrected chi connectivity index (χ1v) is 6.78. The van der Waals surface area contributed by atoms with E-state index >= 15 is 0 Å². The van der Waals surface area contributed by atoms with Crippen molar-refractivity contribution in [3.05, 3.63) is 35.9 Å². The summed E-state index contributed by atoms with van der Waals surface area (Å²) in [5.41, 5.74) is 1.30. The van der Waals surface area contributed by atoms with E-state index in [0.29, 0.717) is 12.0 Å². The number of hydrogen-bond donors (Lipinski definition) is 1. The predicted molar refractivity (Wildman–Crippen MR) is 69.4 cm³/mol. The number of nitrogens with zero attached hydrogens (tertiary/aromatic N) is 1. The number of carbonyl (C=O) groups is 1. The second kappa shape index (κ2) is 4.73. The lowest BCUT2D eigenvalue weighted by Gasteiger charge is -2.32. The van der Waals surface area contributed by atoms with Crippen LogP contribution in [0.25, 0.3) is 0 Å². The lowest BCUT2D eigenvalue weighted by atomic mass is 9.98. The topological polar surface area (TPSA) is 40.5 Å². The van der Waals surface area contributed by atoms with Crippen molar-refractivity contribution in [2.75, 3.05) is 6.54 Å². The summed E-state index contributed by atoms with van der Waals surface area (Å²) in [6.07, 6.45) is 4.33. The number of fused-ring (bicyclic) bond motifs is 2. The molecule has 3 atom stereocenters. The van der Waals surface area contributed by atoms with Crippen molar-refractivity contribution in [2.24, 2.45) is 5.92 Å². The summed E-state index contributed by atoms with van der Waals surface area (Å²) in [6, 6.07) is 10.6. The van der Waals surface area contributed by atoms with E-state index in [-0.39, 0.29) is 6.04 Å². The minimum atomic E-state index is -0.629. The van der Waals surface area contributed by atoms with E-state index in [1.807, 2.05) is 18.2 Å². The van der Waals surface area contributed by atoms with Gasteiger partial charge in [-0.05, 0) is 37.2 Å². The molecule has 2 aliphatic rings. The van der Waals surface area contributed by atoms with Crippen LogP contribution < -0.4 is 0 Å². The van der Waals surface area contributed by atoms with Gasteiger partial charge in [-0.2, -0.15) is 0 Å². The molecular weight excluding hydrogens is 226 g/mol. The predicted octanol–water partition coefficient (Wildman–Crippen LogP) is 2.17. The second-order valence-electron chi connectivity index (χ2n) is 5.48. The van der Waals surface area contributed by atoms with Crippen molar-refractivity contribution in [3.63, 3.8) is 0 Å². The molecule has 1 saturated carbocycles. The molecule has 1 aliphatic carbocycles. The zero-order valence-corrected chi connectivity index (χ0v) is 10.5. The molecule has 2 unspecified atom stereocenters. The van der Waals surface area contributed by atoms with Gasteiger partial charge in [0.15, 0.2) is 0 Å². The number of aliphatic carboxylic acids is 1. The smallest absolute Gasteiger partial charge is 0.321 e. The Morgan fingerprint density at radius 3 is 2.78 bits per heavy atom. The molecule has 2 fully saturated rings. The van der Waals surface area contributed by atoms with Crippen molar-refractivity contribution in [2.45, 2.75) is 37.8 Å². The van der Waals surface area contributed by atoms with E-state index in [9.17, 15) is 9.90 Å². The fourth-order valence-corrected chi connectivity index (χ4v) is 3.65. The van der Waals surface area contributed by atoms with Crippen LogP contribution in [0, 0.1) is 5.92 Å². The van der Waals surface area contributed by atoms with Crippen LogP contribution in [0.5, 0.6) is 0 Å². The summed E-state index contributed by atoms with van der Waals surface area (Å²) in [6.45, 7) is 0.877. The normalized spacial score (nSPS) is 30.8. The molecule has 0 radical (unpaired) electrons. The zero-order valence-electron chi connectivity index (χ0n) is 10.5. The molecule has 3 heteroatoms. The summed E-state index contributed by atoms with van der Waals surface area (Å²) < 4.78 is 0. The number of benzene rings is 1. The standard InChI is InChI=1S/C15H19NO2/c17-15(18)14-12-6-7-13(10-12)16(14)9-8-11-4-2-1-3-5-11/h1-5,12-14H,6-10H2,(H,17,18)/t12?,13?,14-/m1/s1. The molecule has 3 rings (SSSR count). The van der Waals surface area contributed by atoms with Crippen molar-refractivity contribution < 1.29 is 9.90 Å². The number of hydrogen-bond acceptors (Lipinski definition) is 2. The third-order valence-corrected chi connectivity index (χ3v) is 4.47. The minimum absolute atomic E-state index is 0.229. The van der Waals surface area contributed by atoms with Gasteiger partial charge in [0.25, 0.3) is 0 Å². The third-order valence-electron chi connectivity index (χ3n) is 4.47. The molecule has 96 valence electrons. The highest BCUT2D eigenvalue weighted by Crippen LogP contribution is 2.42. The van der Waals surface area contributed by atoms with Crippen LogP contribution in [0.4, 0.5) is 0 Å². The molecule has 1 aromatic carbocycles. The van der Waals surface area contributed by atoms with Crippen molar-refractivity contribution in [3.8, 4) is 0 Å². The highest BCUT2D eigenvalue weighted by Gasteiger charge is 2.48. The summed E-state index contributed by atoms with van der Waals surface area (Å²) in [7, 11) is 0. The Hall–Kier alpha value is -1.35. The molecule has 3 nitrogen and oxygen atoms in total. The number of carboxylic acid groups (broad SMARTS) is 1. The van der Waals surface area contributed by atoms with Gasteiger partial charge in [-0.25, -0.2) is 0 Å². The number of piperidine rings is 1. The Kier molecular flexibility index (Phi) is 3.08. The quantitative estimate of drug-likeness (QED) is 0.883. The molecule has 0 spiro atoms. The van der Waals surface area contributed by atoms with Crippen molar-refractivity contribution in [1.29, 1.82) is 0 Å². The van der Waals surface area contributed by atoms with Gasteiger partial charge in [0.1, 0.15) is 6.04 Å². The first-order chi connectivity index (χ1) is 8.75. The molecule has 1 aromatic rings. The Labute approximate surface area is 107 Å². The summed E-state index contributed by atoms with van der Waals surface area (Å²) in [5, 5.41) is 9.36. The van der Waals surface area contributed by atoms with Crippen LogP contribution in [0.15, 0.2) is 30.3 Å². The SMILES string of the molecule is O=C(O)[C@H]1C2CCC(C2)N1CCc1ccccc1. The van der Waals surface area contributed by atoms with Gasteiger partial charge in [-0.15, -0.1) is 0 Å². The van der Waals surface area contributed by atoms with E-state index in [2.05, 4.69) is 17.0 Å². The lowest BCUT2D eigenvalue weighted by molar-refractivity contribution is -0.145. The fourth-order valence-electron chi connectivity index (χ4n) is 3.65. The maximum atomic E-state index is 11.4. The van der Waals surface area contributed by atoms with E-state index in [0.717, 1.165) is 25.8 Å². The van der Waals surface area contributed by atoms with Crippen LogP contribution in [-0.4, -0.2) is 34.6 Å². The van der Waals surface area contributed by atoms with Crippen LogP contribution in [0.3, 0.4) is 0 Å². The number of rotatable bonds is 4. The highest BCUT2D eigenvalue weighted by atomic mass is 16.4. The Bertz CT molecular complexity index is 431. The van der Waals surface area contributed by atoms with Crippen molar-refractivity contribution in [1.82, 2.24) is 4.90 Å². The average molecular weight is 245 g/mol. The molecular formula is C15H19NO2. The van der Waals surface area contributed by atoms with Gasteiger partial charge in [0.2, 0.25) is 0 Å². The first kappa shape index (κ1) is 11.7. The summed E-state index contributed by atoms with van der Waals surface area (Å²) >= 11 is 0. The number of likely N-dealkylation sites (tertiary alicyclic amines) is 1. The van der Waals surface area contributed by atoms with Gasteiger partial charge in [0.05, 0.1) is 0 Å².